The van der Waals surface area contributed by atoms with Crippen molar-refractivity contribution in [3.05, 3.63) is 36.5 Å². The maximum atomic E-state index is 9.34. The van der Waals surface area contributed by atoms with Crippen LogP contribution in [0.2, 0.25) is 0 Å². The van der Waals surface area contributed by atoms with Gasteiger partial charge in [0.1, 0.15) is 0 Å². The average Bonchev–Trinajstić information content (AvgIpc) is 2.28. The molecule has 0 radical (unpaired) electrons. The van der Waals surface area contributed by atoms with Crippen molar-refractivity contribution in [1.82, 2.24) is 0 Å². The lowest BCUT2D eigenvalue weighted by Crippen LogP contribution is -2.31. The largest absolute Gasteiger partial charge is 0.391 e. The van der Waals surface area contributed by atoms with Crippen LogP contribution in [0.5, 0.6) is 0 Å². The van der Waals surface area contributed by atoms with E-state index in [1.54, 1.807) is 12.2 Å². The first-order chi connectivity index (χ1) is 5.20. The Morgan fingerprint density at radius 2 is 2.09 bits per heavy atom. The first-order valence-corrected chi connectivity index (χ1v) is 3.62. The number of allylic oxidation sites excluding steroid dienone is 1. The third kappa shape index (κ3) is 1.27. The third-order valence-corrected chi connectivity index (χ3v) is 2.04. The van der Waals surface area contributed by atoms with Crippen molar-refractivity contribution in [1.29, 1.82) is 0 Å². The highest BCUT2D eigenvalue weighted by Gasteiger charge is 2.26. The minimum Gasteiger partial charge on any atom is -0.391 e. The zero-order valence-electron chi connectivity index (χ0n) is 6.46. The topological polar surface area (TPSA) is 46.2 Å². The molecule has 11 heavy (non-hydrogen) atoms. The minimum absolute atomic E-state index is 0.277. The van der Waals surface area contributed by atoms with E-state index in [2.05, 4.69) is 13.2 Å². The van der Waals surface area contributed by atoms with Crippen LogP contribution in [0.15, 0.2) is 36.5 Å². The summed E-state index contributed by atoms with van der Waals surface area (Å²) in [7, 11) is 0. The average molecular weight is 151 g/mol. The molecule has 0 aromatic rings. The second-order valence-corrected chi connectivity index (χ2v) is 2.69. The fourth-order valence-electron chi connectivity index (χ4n) is 1.36. The molecule has 0 aromatic heterocycles. The zero-order valence-corrected chi connectivity index (χ0v) is 6.46. The number of aliphatic hydroxyl groups excluding tert-OH is 1. The molecule has 60 valence electrons. The molecule has 0 heterocycles. The van der Waals surface area contributed by atoms with E-state index in [9.17, 15) is 5.11 Å². The molecule has 1 aliphatic rings. The molecule has 1 aliphatic carbocycles. The SMILES string of the molecule is C=CC1=C(C=C)C(N)C(O)C1. The predicted octanol–water partition coefficient (Wildman–Crippen LogP) is 0.747. The summed E-state index contributed by atoms with van der Waals surface area (Å²) in [6, 6.07) is -0.277. The predicted molar refractivity (Wildman–Crippen MR) is 46.0 cm³/mol. The van der Waals surface area contributed by atoms with Gasteiger partial charge in [-0.05, 0) is 11.1 Å². The monoisotopic (exact) mass is 151 g/mol. The molecule has 2 nitrogen and oxygen atoms in total. The summed E-state index contributed by atoms with van der Waals surface area (Å²) in [5.74, 6) is 0. The Hall–Kier alpha value is -0.860. The van der Waals surface area contributed by atoms with Crippen molar-refractivity contribution in [2.24, 2.45) is 5.73 Å². The molecule has 2 unspecified atom stereocenters. The number of hydrogen-bond acceptors (Lipinski definition) is 2. The number of rotatable bonds is 2. The fraction of sp³-hybridized carbons (Fsp3) is 0.333. The standard InChI is InChI=1S/C9H13NO/c1-3-6-5-8(11)9(10)7(6)4-2/h3-4,8-9,11H,1-2,5,10H2. The van der Waals surface area contributed by atoms with Gasteiger partial charge < -0.3 is 10.8 Å². The van der Waals surface area contributed by atoms with Gasteiger partial charge in [0.05, 0.1) is 12.1 Å². The Morgan fingerprint density at radius 3 is 2.45 bits per heavy atom. The number of hydrogen-bond donors (Lipinski definition) is 2. The summed E-state index contributed by atoms with van der Waals surface area (Å²) >= 11 is 0. The molecule has 0 saturated heterocycles. The van der Waals surface area contributed by atoms with Gasteiger partial charge >= 0.3 is 0 Å². The van der Waals surface area contributed by atoms with Crippen LogP contribution in [-0.2, 0) is 0 Å². The van der Waals surface area contributed by atoms with Gasteiger partial charge in [0.25, 0.3) is 0 Å². The Kier molecular flexibility index (Phi) is 2.27. The molecule has 0 fully saturated rings. The minimum atomic E-state index is -0.462. The van der Waals surface area contributed by atoms with E-state index in [-0.39, 0.29) is 6.04 Å². The van der Waals surface area contributed by atoms with Crippen LogP contribution < -0.4 is 5.73 Å². The summed E-state index contributed by atoms with van der Waals surface area (Å²) in [6.07, 6.45) is 3.56. The van der Waals surface area contributed by atoms with Gasteiger partial charge in [0, 0.05) is 6.42 Å². The molecule has 0 aromatic carbocycles. The Bertz CT molecular complexity index is 218. The Morgan fingerprint density at radius 1 is 1.45 bits per heavy atom. The summed E-state index contributed by atoms with van der Waals surface area (Å²) in [5, 5.41) is 9.34. The second-order valence-electron chi connectivity index (χ2n) is 2.69. The molecule has 0 spiro atoms. The lowest BCUT2D eigenvalue weighted by Gasteiger charge is -2.09. The quantitative estimate of drug-likeness (QED) is 0.611. The molecule has 0 amide bonds. The van der Waals surface area contributed by atoms with Gasteiger partial charge in [-0.25, -0.2) is 0 Å². The van der Waals surface area contributed by atoms with E-state index >= 15 is 0 Å². The van der Waals surface area contributed by atoms with Gasteiger partial charge in [-0.3, -0.25) is 0 Å². The first-order valence-electron chi connectivity index (χ1n) is 3.62. The van der Waals surface area contributed by atoms with E-state index < -0.39 is 6.10 Å². The van der Waals surface area contributed by atoms with Crippen LogP contribution in [0.4, 0.5) is 0 Å². The Labute approximate surface area is 66.7 Å². The summed E-state index contributed by atoms with van der Waals surface area (Å²) in [6.45, 7) is 7.27. The normalized spacial score (nSPS) is 30.7. The summed E-state index contributed by atoms with van der Waals surface area (Å²) in [5.41, 5.74) is 7.61. The van der Waals surface area contributed by atoms with E-state index in [0.717, 1.165) is 11.1 Å². The highest BCUT2D eigenvalue weighted by Crippen LogP contribution is 2.26. The van der Waals surface area contributed by atoms with Gasteiger partial charge in [0.2, 0.25) is 0 Å². The third-order valence-electron chi connectivity index (χ3n) is 2.04. The maximum Gasteiger partial charge on any atom is 0.0773 e. The molecule has 2 heteroatoms. The van der Waals surface area contributed by atoms with Crippen molar-refractivity contribution in [3.63, 3.8) is 0 Å². The molecular weight excluding hydrogens is 138 g/mol. The number of aliphatic hydroxyl groups is 1. The van der Waals surface area contributed by atoms with Gasteiger partial charge in [-0.1, -0.05) is 25.3 Å². The van der Waals surface area contributed by atoms with Crippen molar-refractivity contribution >= 4 is 0 Å². The molecule has 3 N–H and O–H groups in total. The van der Waals surface area contributed by atoms with Crippen molar-refractivity contribution < 1.29 is 5.11 Å². The van der Waals surface area contributed by atoms with E-state index in [4.69, 9.17) is 5.73 Å². The van der Waals surface area contributed by atoms with Crippen molar-refractivity contribution in [2.45, 2.75) is 18.6 Å². The van der Waals surface area contributed by atoms with Crippen LogP contribution in [0.25, 0.3) is 0 Å². The summed E-state index contributed by atoms with van der Waals surface area (Å²) in [4.78, 5) is 0. The van der Waals surface area contributed by atoms with Crippen molar-refractivity contribution in [2.75, 3.05) is 0 Å². The van der Waals surface area contributed by atoms with Crippen LogP contribution in [-0.4, -0.2) is 17.3 Å². The zero-order chi connectivity index (χ0) is 8.43. The van der Waals surface area contributed by atoms with E-state index in [1.807, 2.05) is 0 Å². The van der Waals surface area contributed by atoms with Gasteiger partial charge in [-0.2, -0.15) is 0 Å². The molecule has 2 atom stereocenters. The van der Waals surface area contributed by atoms with Gasteiger partial charge in [-0.15, -0.1) is 0 Å². The van der Waals surface area contributed by atoms with Crippen LogP contribution in [0.3, 0.4) is 0 Å². The molecule has 1 rings (SSSR count). The summed E-state index contributed by atoms with van der Waals surface area (Å²) < 4.78 is 0. The van der Waals surface area contributed by atoms with E-state index in [1.165, 1.54) is 0 Å². The highest BCUT2D eigenvalue weighted by molar-refractivity contribution is 5.41. The lowest BCUT2D eigenvalue weighted by atomic mass is 10.1. The van der Waals surface area contributed by atoms with Crippen LogP contribution >= 0.6 is 0 Å². The van der Waals surface area contributed by atoms with Crippen LogP contribution in [0, 0.1) is 0 Å². The smallest absolute Gasteiger partial charge is 0.0773 e. The fourth-order valence-corrected chi connectivity index (χ4v) is 1.36. The molecule has 0 saturated carbocycles. The second kappa shape index (κ2) is 3.03. The number of nitrogens with two attached hydrogens (primary N) is 1. The molecule has 0 aliphatic heterocycles. The molecular formula is C9H13NO. The van der Waals surface area contributed by atoms with Crippen molar-refractivity contribution in [3.8, 4) is 0 Å². The lowest BCUT2D eigenvalue weighted by molar-refractivity contribution is 0.170. The highest BCUT2D eigenvalue weighted by atomic mass is 16.3. The first kappa shape index (κ1) is 8.24. The van der Waals surface area contributed by atoms with E-state index in [0.29, 0.717) is 6.42 Å². The molecule has 0 bridgehead atoms. The van der Waals surface area contributed by atoms with Crippen LogP contribution in [0.1, 0.15) is 6.42 Å². The van der Waals surface area contributed by atoms with Gasteiger partial charge in [0.15, 0.2) is 0 Å². The maximum absolute atomic E-state index is 9.34. The Balaban J connectivity index is 2.94.